The second-order valence-corrected chi connectivity index (χ2v) is 7.69. The van der Waals surface area contributed by atoms with Crippen LogP contribution in [0.1, 0.15) is 21.6 Å². The zero-order chi connectivity index (χ0) is 18.3. The van der Waals surface area contributed by atoms with Crippen LogP contribution in [-0.4, -0.2) is 19.9 Å². The third-order valence-electron chi connectivity index (χ3n) is 4.09. The lowest BCUT2D eigenvalue weighted by Gasteiger charge is -2.11. The number of hydrogen-bond donors (Lipinski definition) is 1. The highest BCUT2D eigenvalue weighted by Crippen LogP contribution is 2.32. The normalized spacial score (nSPS) is 15.7. The van der Waals surface area contributed by atoms with E-state index in [1.54, 1.807) is 36.4 Å². The van der Waals surface area contributed by atoms with E-state index in [0.717, 1.165) is 5.56 Å². The molecule has 2 aromatic carbocycles. The first-order chi connectivity index (χ1) is 12.5. The van der Waals surface area contributed by atoms with Gasteiger partial charge in [-0.15, -0.1) is 0 Å². The van der Waals surface area contributed by atoms with Crippen LogP contribution >= 0.6 is 11.6 Å². The molecule has 0 saturated carbocycles. The largest absolute Gasteiger partial charge is 0.306 e. The Kier molecular flexibility index (Phi) is 4.34. The molecule has 1 aliphatic heterocycles. The van der Waals surface area contributed by atoms with E-state index in [0.29, 0.717) is 39.3 Å². The van der Waals surface area contributed by atoms with Gasteiger partial charge >= 0.3 is 0 Å². The number of carbonyl (C=O) groups is 1. The molecule has 0 fully saturated rings. The van der Waals surface area contributed by atoms with Gasteiger partial charge in [-0.25, -0.2) is 9.07 Å². The number of rotatable bonds is 3. The Morgan fingerprint density at radius 3 is 2.62 bits per heavy atom. The van der Waals surface area contributed by atoms with Crippen LogP contribution in [-0.2, 0) is 22.3 Å². The molecule has 1 aromatic heterocycles. The lowest BCUT2D eigenvalue weighted by Crippen LogP contribution is -2.17. The third-order valence-corrected chi connectivity index (χ3v) is 5.63. The Morgan fingerprint density at radius 1 is 1.15 bits per heavy atom. The highest BCUT2D eigenvalue weighted by molar-refractivity contribution is 7.83. The minimum Gasteiger partial charge on any atom is -0.306 e. The van der Waals surface area contributed by atoms with Gasteiger partial charge in [0.05, 0.1) is 33.5 Å². The third kappa shape index (κ3) is 3.04. The fourth-order valence-electron chi connectivity index (χ4n) is 2.85. The van der Waals surface area contributed by atoms with Crippen LogP contribution in [0.25, 0.3) is 5.69 Å². The van der Waals surface area contributed by atoms with Crippen molar-refractivity contribution in [2.24, 2.45) is 0 Å². The van der Waals surface area contributed by atoms with E-state index in [1.807, 2.05) is 0 Å². The van der Waals surface area contributed by atoms with Crippen molar-refractivity contribution in [2.45, 2.75) is 11.5 Å². The van der Waals surface area contributed by atoms with Crippen LogP contribution in [0, 0.1) is 5.82 Å². The molecular weight excluding hydrogens is 377 g/mol. The van der Waals surface area contributed by atoms with Gasteiger partial charge in [-0.2, -0.15) is 5.10 Å². The Hall–Kier alpha value is -2.51. The molecule has 0 radical (unpaired) electrons. The molecule has 0 unspecified atom stereocenters. The summed E-state index contributed by atoms with van der Waals surface area (Å²) in [6, 6.07) is 12.5. The van der Waals surface area contributed by atoms with Crippen molar-refractivity contribution < 1.29 is 13.4 Å². The predicted molar refractivity (Wildman–Crippen MR) is 98.5 cm³/mol. The first-order valence-corrected chi connectivity index (χ1v) is 9.67. The van der Waals surface area contributed by atoms with Gasteiger partial charge in [0.15, 0.2) is 0 Å². The molecule has 2 heterocycles. The lowest BCUT2D eigenvalue weighted by molar-refractivity contribution is 0.102. The second kappa shape index (κ2) is 6.66. The summed E-state index contributed by atoms with van der Waals surface area (Å²) in [5.41, 5.74) is 2.32. The van der Waals surface area contributed by atoms with Gasteiger partial charge in [0.25, 0.3) is 5.91 Å². The van der Waals surface area contributed by atoms with Crippen LogP contribution in [0.2, 0.25) is 5.02 Å². The number of fused-ring (bicyclic) bond motifs is 1. The fourth-order valence-corrected chi connectivity index (χ4v) is 4.33. The van der Waals surface area contributed by atoms with E-state index < -0.39 is 10.8 Å². The molecule has 4 rings (SSSR count). The highest BCUT2D eigenvalue weighted by Gasteiger charge is 2.28. The Balaban J connectivity index is 1.77. The SMILES string of the molecule is O=C(Nc1c2c(nn1-c1ccc(F)cc1)C[S@](=O)C2)c1ccccc1Cl. The molecule has 0 saturated heterocycles. The molecule has 26 heavy (non-hydrogen) atoms. The average molecular weight is 390 g/mol. The number of carbonyl (C=O) groups excluding carboxylic acids is 1. The van der Waals surface area contributed by atoms with Crippen LogP contribution in [0.15, 0.2) is 48.5 Å². The van der Waals surface area contributed by atoms with Gasteiger partial charge < -0.3 is 5.32 Å². The number of nitrogens with zero attached hydrogens (tertiary/aromatic N) is 2. The minimum absolute atomic E-state index is 0.314. The summed E-state index contributed by atoms with van der Waals surface area (Å²) in [6.45, 7) is 0. The van der Waals surface area contributed by atoms with Crippen LogP contribution < -0.4 is 5.32 Å². The van der Waals surface area contributed by atoms with Crippen molar-refractivity contribution in [3.63, 3.8) is 0 Å². The lowest BCUT2D eigenvalue weighted by atomic mass is 10.2. The van der Waals surface area contributed by atoms with Crippen molar-refractivity contribution >= 4 is 34.1 Å². The number of anilines is 1. The van der Waals surface area contributed by atoms with Crippen molar-refractivity contribution in [3.05, 3.63) is 76.2 Å². The zero-order valence-corrected chi connectivity index (χ0v) is 15.0. The minimum atomic E-state index is -1.04. The maximum absolute atomic E-state index is 13.2. The summed E-state index contributed by atoms with van der Waals surface area (Å²) >= 11 is 6.10. The molecule has 132 valence electrons. The summed E-state index contributed by atoms with van der Waals surface area (Å²) in [5, 5.41) is 7.63. The summed E-state index contributed by atoms with van der Waals surface area (Å²) < 4.78 is 26.7. The molecule has 8 heteroatoms. The maximum atomic E-state index is 13.2. The molecule has 0 spiro atoms. The number of nitrogens with one attached hydrogen (secondary N) is 1. The van der Waals surface area contributed by atoms with Crippen LogP contribution in [0.4, 0.5) is 10.2 Å². The highest BCUT2D eigenvalue weighted by atomic mass is 35.5. The van der Waals surface area contributed by atoms with Crippen LogP contribution in [0.3, 0.4) is 0 Å². The second-order valence-electron chi connectivity index (χ2n) is 5.82. The first kappa shape index (κ1) is 16.9. The van der Waals surface area contributed by atoms with Gasteiger partial charge in [0.2, 0.25) is 0 Å². The number of amides is 1. The van der Waals surface area contributed by atoms with E-state index in [1.165, 1.54) is 16.8 Å². The molecule has 0 bridgehead atoms. The molecular formula is C18H13ClFN3O2S. The number of benzene rings is 2. The number of aromatic nitrogens is 2. The zero-order valence-electron chi connectivity index (χ0n) is 13.4. The molecule has 1 N–H and O–H groups in total. The van der Waals surface area contributed by atoms with E-state index >= 15 is 0 Å². The summed E-state index contributed by atoms with van der Waals surface area (Å²) in [7, 11) is -1.04. The maximum Gasteiger partial charge on any atom is 0.258 e. The number of hydrogen-bond acceptors (Lipinski definition) is 3. The first-order valence-electron chi connectivity index (χ1n) is 7.80. The Labute approximate surface area is 156 Å². The van der Waals surface area contributed by atoms with E-state index in [2.05, 4.69) is 10.4 Å². The summed E-state index contributed by atoms with van der Waals surface area (Å²) in [6.07, 6.45) is 0. The van der Waals surface area contributed by atoms with Gasteiger partial charge in [0.1, 0.15) is 11.6 Å². The van der Waals surface area contributed by atoms with Gasteiger partial charge in [-0.1, -0.05) is 23.7 Å². The fraction of sp³-hybridized carbons (Fsp3) is 0.111. The monoisotopic (exact) mass is 389 g/mol. The molecule has 5 nitrogen and oxygen atoms in total. The predicted octanol–water partition coefficient (Wildman–Crippen LogP) is 3.68. The topological polar surface area (TPSA) is 64.0 Å². The molecule has 1 amide bonds. The average Bonchev–Trinajstić information content (AvgIpc) is 3.13. The van der Waals surface area contributed by atoms with E-state index in [4.69, 9.17) is 11.6 Å². The van der Waals surface area contributed by atoms with Crippen molar-refractivity contribution in [2.75, 3.05) is 5.32 Å². The smallest absolute Gasteiger partial charge is 0.258 e. The van der Waals surface area contributed by atoms with Gasteiger partial charge in [-0.3, -0.25) is 9.00 Å². The molecule has 0 aliphatic carbocycles. The number of halogens is 2. The molecule has 1 aliphatic rings. The molecule has 1 atom stereocenters. The van der Waals surface area contributed by atoms with Gasteiger partial charge in [-0.05, 0) is 36.4 Å². The molecule has 3 aromatic rings. The standard InChI is InChI=1S/C18H13ClFN3O2S/c19-15-4-2-1-3-13(15)18(24)21-17-14-9-26(25)10-16(14)22-23(17)12-7-5-11(20)6-8-12/h1-8H,9-10H2,(H,21,24)/t26-/m1/s1. The van der Waals surface area contributed by atoms with Crippen molar-refractivity contribution in [1.29, 1.82) is 0 Å². The van der Waals surface area contributed by atoms with Crippen molar-refractivity contribution in [1.82, 2.24) is 9.78 Å². The van der Waals surface area contributed by atoms with Crippen molar-refractivity contribution in [3.8, 4) is 5.69 Å². The quantitative estimate of drug-likeness (QED) is 0.743. The Bertz CT molecular complexity index is 1030. The van der Waals surface area contributed by atoms with Crippen LogP contribution in [0.5, 0.6) is 0 Å². The van der Waals surface area contributed by atoms with E-state index in [-0.39, 0.29) is 11.7 Å². The summed E-state index contributed by atoms with van der Waals surface area (Å²) in [4.78, 5) is 12.7. The van der Waals surface area contributed by atoms with Gasteiger partial charge in [0, 0.05) is 16.4 Å². The van der Waals surface area contributed by atoms with E-state index in [9.17, 15) is 13.4 Å². The summed E-state index contributed by atoms with van der Waals surface area (Å²) in [5.74, 6) is 0.325. The Morgan fingerprint density at radius 2 is 1.88 bits per heavy atom.